The monoisotopic (exact) mass is 483 g/mol. The lowest BCUT2D eigenvalue weighted by Crippen LogP contribution is -2.50. The molecule has 2 aromatic rings. The van der Waals surface area contributed by atoms with Crippen LogP contribution in [0.5, 0.6) is 0 Å². The third-order valence-electron chi connectivity index (χ3n) is 5.57. The Bertz CT molecular complexity index is 1140. The van der Waals surface area contributed by atoms with Gasteiger partial charge in [0, 0.05) is 43.7 Å². The second-order valence-corrected chi connectivity index (χ2v) is 9.25. The molecule has 170 valence electrons. The normalized spacial score (nSPS) is 17.8. The summed E-state index contributed by atoms with van der Waals surface area (Å²) in [6, 6.07) is 14.0. The van der Waals surface area contributed by atoms with Crippen LogP contribution in [0.1, 0.15) is 28.4 Å². The van der Waals surface area contributed by atoms with Crippen molar-refractivity contribution < 1.29 is 19.2 Å². The SMILES string of the molecule is CC(=O)N1CCN(C(=O)c2ccc(C=C3SC(=O)N(Cc4cccc(Cl)c4)C3=O)cc2)CC1. The highest BCUT2D eigenvalue weighted by Gasteiger charge is 2.35. The van der Waals surface area contributed by atoms with Crippen LogP contribution < -0.4 is 0 Å². The van der Waals surface area contributed by atoms with Crippen LogP contribution in [0.2, 0.25) is 5.02 Å². The topological polar surface area (TPSA) is 78.0 Å². The summed E-state index contributed by atoms with van der Waals surface area (Å²) in [6.07, 6.45) is 1.66. The quantitative estimate of drug-likeness (QED) is 0.617. The highest BCUT2D eigenvalue weighted by molar-refractivity contribution is 8.18. The van der Waals surface area contributed by atoms with Gasteiger partial charge in [0.2, 0.25) is 5.91 Å². The molecule has 9 heteroatoms. The summed E-state index contributed by atoms with van der Waals surface area (Å²) in [5.41, 5.74) is 2.04. The number of hydrogen-bond donors (Lipinski definition) is 0. The first-order valence-corrected chi connectivity index (χ1v) is 11.7. The Labute approximate surface area is 201 Å². The fourth-order valence-electron chi connectivity index (χ4n) is 3.73. The summed E-state index contributed by atoms with van der Waals surface area (Å²) >= 11 is 6.89. The third kappa shape index (κ3) is 5.29. The highest BCUT2D eigenvalue weighted by atomic mass is 35.5. The minimum Gasteiger partial charge on any atom is -0.339 e. The molecule has 7 nitrogen and oxygen atoms in total. The first kappa shape index (κ1) is 23.1. The van der Waals surface area contributed by atoms with Crippen LogP contribution in [0.3, 0.4) is 0 Å². The van der Waals surface area contributed by atoms with Crippen LogP contribution in [-0.2, 0) is 16.1 Å². The van der Waals surface area contributed by atoms with Gasteiger partial charge in [-0.15, -0.1) is 0 Å². The first-order valence-electron chi connectivity index (χ1n) is 10.5. The minimum absolute atomic E-state index is 0.0171. The Morgan fingerprint density at radius 3 is 2.30 bits per heavy atom. The smallest absolute Gasteiger partial charge is 0.293 e. The standard InChI is InChI=1S/C24H22ClN3O4S/c1-16(29)26-9-11-27(12-10-26)22(30)19-7-5-17(6-8-19)14-21-23(31)28(24(32)33-21)15-18-3-2-4-20(25)13-18/h2-8,13-14H,9-12,15H2,1H3. The van der Waals surface area contributed by atoms with Gasteiger partial charge < -0.3 is 9.80 Å². The molecule has 0 spiro atoms. The Balaban J connectivity index is 1.41. The van der Waals surface area contributed by atoms with Gasteiger partial charge in [-0.1, -0.05) is 35.9 Å². The summed E-state index contributed by atoms with van der Waals surface area (Å²) in [5.74, 6) is -0.427. The molecule has 33 heavy (non-hydrogen) atoms. The van der Waals surface area contributed by atoms with Gasteiger partial charge >= 0.3 is 0 Å². The Kier molecular flexibility index (Phi) is 6.85. The molecule has 2 aliphatic rings. The number of amides is 4. The van der Waals surface area contributed by atoms with Crippen molar-refractivity contribution in [2.45, 2.75) is 13.5 Å². The van der Waals surface area contributed by atoms with Crippen molar-refractivity contribution in [3.8, 4) is 0 Å². The van der Waals surface area contributed by atoms with E-state index < -0.39 is 0 Å². The van der Waals surface area contributed by atoms with E-state index >= 15 is 0 Å². The Morgan fingerprint density at radius 2 is 1.67 bits per heavy atom. The molecule has 0 aliphatic carbocycles. The number of hydrogen-bond acceptors (Lipinski definition) is 5. The number of carbonyl (C=O) groups is 4. The zero-order valence-corrected chi connectivity index (χ0v) is 19.6. The van der Waals surface area contributed by atoms with Crippen LogP contribution in [-0.4, -0.2) is 63.8 Å². The Hall–Kier alpha value is -3.10. The third-order valence-corrected chi connectivity index (χ3v) is 6.71. The highest BCUT2D eigenvalue weighted by Crippen LogP contribution is 2.33. The lowest BCUT2D eigenvalue weighted by Gasteiger charge is -2.34. The second-order valence-electron chi connectivity index (χ2n) is 7.82. The summed E-state index contributed by atoms with van der Waals surface area (Å²) in [5, 5.41) is 0.216. The number of nitrogens with zero attached hydrogens (tertiary/aromatic N) is 3. The fraction of sp³-hybridized carbons (Fsp3) is 0.250. The Morgan fingerprint density at radius 1 is 1.00 bits per heavy atom. The molecule has 2 heterocycles. The molecular weight excluding hydrogens is 462 g/mol. The van der Waals surface area contributed by atoms with Gasteiger partial charge in [-0.05, 0) is 53.2 Å². The van der Waals surface area contributed by atoms with E-state index in [1.54, 1.807) is 58.3 Å². The summed E-state index contributed by atoms with van der Waals surface area (Å²) in [6.45, 7) is 3.75. The molecule has 0 unspecified atom stereocenters. The van der Waals surface area contributed by atoms with Crippen molar-refractivity contribution >= 4 is 52.4 Å². The van der Waals surface area contributed by atoms with Crippen molar-refractivity contribution in [3.05, 3.63) is 75.1 Å². The molecular formula is C24H22ClN3O4S. The number of carbonyl (C=O) groups excluding carboxylic acids is 4. The number of benzene rings is 2. The number of piperazine rings is 1. The molecule has 0 saturated carbocycles. The van der Waals surface area contributed by atoms with Gasteiger partial charge in [-0.25, -0.2) is 0 Å². The fourth-order valence-corrected chi connectivity index (χ4v) is 4.79. The minimum atomic E-state index is -0.353. The lowest BCUT2D eigenvalue weighted by atomic mass is 10.1. The van der Waals surface area contributed by atoms with Crippen molar-refractivity contribution in [3.63, 3.8) is 0 Å². The average molecular weight is 484 g/mol. The second kappa shape index (κ2) is 9.80. The summed E-state index contributed by atoms with van der Waals surface area (Å²) in [4.78, 5) is 54.3. The first-order chi connectivity index (χ1) is 15.8. The summed E-state index contributed by atoms with van der Waals surface area (Å²) in [7, 11) is 0. The van der Waals surface area contributed by atoms with Gasteiger partial charge in [0.1, 0.15) is 0 Å². The summed E-state index contributed by atoms with van der Waals surface area (Å²) < 4.78 is 0. The van der Waals surface area contributed by atoms with E-state index in [2.05, 4.69) is 0 Å². The molecule has 0 aromatic heterocycles. The van der Waals surface area contributed by atoms with Crippen molar-refractivity contribution in [1.82, 2.24) is 14.7 Å². The zero-order chi connectivity index (χ0) is 23.5. The molecule has 2 aliphatic heterocycles. The maximum Gasteiger partial charge on any atom is 0.293 e. The van der Waals surface area contributed by atoms with Gasteiger partial charge in [0.15, 0.2) is 0 Å². The van der Waals surface area contributed by atoms with Crippen LogP contribution in [0.25, 0.3) is 6.08 Å². The largest absolute Gasteiger partial charge is 0.339 e. The van der Waals surface area contributed by atoms with Crippen molar-refractivity contribution in [2.75, 3.05) is 26.2 Å². The molecule has 4 rings (SSSR count). The molecule has 0 atom stereocenters. The van der Waals surface area contributed by atoms with E-state index in [1.807, 2.05) is 6.07 Å². The van der Waals surface area contributed by atoms with Crippen LogP contribution in [0.4, 0.5) is 4.79 Å². The zero-order valence-electron chi connectivity index (χ0n) is 18.0. The van der Waals surface area contributed by atoms with Gasteiger partial charge in [-0.2, -0.15) is 0 Å². The number of rotatable bonds is 4. The lowest BCUT2D eigenvalue weighted by molar-refractivity contribution is -0.130. The molecule has 2 fully saturated rings. The molecule has 2 aromatic carbocycles. The van der Waals surface area contributed by atoms with E-state index in [0.717, 1.165) is 22.9 Å². The van der Waals surface area contributed by atoms with Crippen molar-refractivity contribution in [2.24, 2.45) is 0 Å². The van der Waals surface area contributed by atoms with E-state index in [0.29, 0.717) is 41.7 Å². The van der Waals surface area contributed by atoms with E-state index in [4.69, 9.17) is 11.6 Å². The molecule has 2 saturated heterocycles. The molecule has 4 amide bonds. The molecule has 0 N–H and O–H groups in total. The number of imide groups is 1. The number of thioether (sulfide) groups is 1. The van der Waals surface area contributed by atoms with Crippen LogP contribution >= 0.6 is 23.4 Å². The molecule has 0 radical (unpaired) electrons. The van der Waals surface area contributed by atoms with E-state index in [9.17, 15) is 19.2 Å². The predicted molar refractivity (Wildman–Crippen MR) is 128 cm³/mol. The average Bonchev–Trinajstić information content (AvgIpc) is 3.06. The van der Waals surface area contributed by atoms with Crippen LogP contribution in [0, 0.1) is 0 Å². The molecule has 0 bridgehead atoms. The van der Waals surface area contributed by atoms with E-state index in [-0.39, 0.29) is 29.5 Å². The van der Waals surface area contributed by atoms with Gasteiger partial charge in [-0.3, -0.25) is 24.1 Å². The maximum absolute atomic E-state index is 12.8. The van der Waals surface area contributed by atoms with Gasteiger partial charge in [0.25, 0.3) is 17.1 Å². The van der Waals surface area contributed by atoms with E-state index in [1.165, 1.54) is 11.8 Å². The van der Waals surface area contributed by atoms with Gasteiger partial charge in [0.05, 0.1) is 11.4 Å². The van der Waals surface area contributed by atoms with Crippen molar-refractivity contribution in [1.29, 1.82) is 0 Å². The van der Waals surface area contributed by atoms with Crippen LogP contribution in [0.15, 0.2) is 53.4 Å². The maximum atomic E-state index is 12.8. The predicted octanol–water partition coefficient (Wildman–Crippen LogP) is 3.88. The number of halogens is 1.